The summed E-state index contributed by atoms with van der Waals surface area (Å²) < 4.78 is 25.5. The fourth-order valence-corrected chi connectivity index (χ4v) is 3.06. The third kappa shape index (κ3) is 4.27. The first-order valence-electron chi connectivity index (χ1n) is 6.01. The lowest BCUT2D eigenvalue weighted by Gasteiger charge is -2.20. The molecule has 0 atom stereocenters. The van der Waals surface area contributed by atoms with Crippen LogP contribution in [0.1, 0.15) is 6.92 Å². The van der Waals surface area contributed by atoms with Gasteiger partial charge in [0.25, 0.3) is 0 Å². The van der Waals surface area contributed by atoms with Crippen molar-refractivity contribution in [1.29, 1.82) is 0 Å². The van der Waals surface area contributed by atoms with Crippen molar-refractivity contribution in [2.24, 2.45) is 0 Å². The summed E-state index contributed by atoms with van der Waals surface area (Å²) >= 11 is 0. The van der Waals surface area contributed by atoms with Crippen LogP contribution in [-0.4, -0.2) is 55.1 Å². The molecule has 112 valence electrons. The number of hydrogen-bond donors (Lipinski definition) is 3. The normalized spacial score (nSPS) is 11.6. The number of nitrogens with one attached hydrogen (secondary N) is 1. The number of aliphatic hydroxyl groups is 2. The van der Waals surface area contributed by atoms with Crippen LogP contribution >= 0.6 is 0 Å². The predicted octanol–water partition coefficient (Wildman–Crippen LogP) is -0.380. The lowest BCUT2D eigenvalue weighted by atomic mass is 10.3. The Bertz CT molecular complexity index is 535. The summed E-state index contributed by atoms with van der Waals surface area (Å²) in [5, 5.41) is 20.3. The Kier molecular flexibility index (Phi) is 6.08. The Morgan fingerprint density at radius 1 is 1.15 bits per heavy atom. The SMILES string of the molecule is CC(=O)Nc1ccc(S(=O)(=O)N(CCO)CCO)cc1. The maximum absolute atomic E-state index is 12.3. The van der Waals surface area contributed by atoms with E-state index >= 15 is 0 Å². The lowest BCUT2D eigenvalue weighted by Crippen LogP contribution is -2.35. The second kappa shape index (κ2) is 7.34. The fourth-order valence-electron chi connectivity index (χ4n) is 1.64. The van der Waals surface area contributed by atoms with Gasteiger partial charge in [-0.25, -0.2) is 8.42 Å². The molecule has 7 nitrogen and oxygen atoms in total. The minimum Gasteiger partial charge on any atom is -0.395 e. The van der Waals surface area contributed by atoms with Gasteiger partial charge in [-0.05, 0) is 24.3 Å². The highest BCUT2D eigenvalue weighted by Crippen LogP contribution is 2.18. The van der Waals surface area contributed by atoms with Crippen LogP contribution in [-0.2, 0) is 14.8 Å². The van der Waals surface area contributed by atoms with Gasteiger partial charge in [-0.2, -0.15) is 4.31 Å². The van der Waals surface area contributed by atoms with Gasteiger partial charge in [0.15, 0.2) is 0 Å². The number of aliphatic hydroxyl groups excluding tert-OH is 2. The average Bonchev–Trinajstić information content (AvgIpc) is 2.38. The van der Waals surface area contributed by atoms with Gasteiger partial charge in [0.2, 0.25) is 15.9 Å². The van der Waals surface area contributed by atoms with Gasteiger partial charge in [0, 0.05) is 25.7 Å². The van der Waals surface area contributed by atoms with Gasteiger partial charge < -0.3 is 15.5 Å². The quantitative estimate of drug-likeness (QED) is 0.636. The zero-order valence-corrected chi connectivity index (χ0v) is 11.9. The molecule has 0 aliphatic carbocycles. The summed E-state index contributed by atoms with van der Waals surface area (Å²) in [7, 11) is -3.77. The fraction of sp³-hybridized carbons (Fsp3) is 0.417. The Labute approximate surface area is 117 Å². The van der Waals surface area contributed by atoms with E-state index in [1.807, 2.05) is 0 Å². The first-order chi connectivity index (χ1) is 9.41. The second-order valence-electron chi connectivity index (χ2n) is 4.06. The van der Waals surface area contributed by atoms with Gasteiger partial charge in [-0.3, -0.25) is 4.79 Å². The summed E-state index contributed by atoms with van der Waals surface area (Å²) in [6, 6.07) is 5.68. The Balaban J connectivity index is 2.98. The number of carbonyl (C=O) groups is 1. The predicted molar refractivity (Wildman–Crippen MR) is 73.7 cm³/mol. The Morgan fingerprint density at radius 3 is 2.05 bits per heavy atom. The third-order valence-electron chi connectivity index (χ3n) is 2.51. The molecule has 0 bridgehead atoms. The van der Waals surface area contributed by atoms with Crippen molar-refractivity contribution in [1.82, 2.24) is 4.31 Å². The highest BCUT2D eigenvalue weighted by atomic mass is 32.2. The van der Waals surface area contributed by atoms with Crippen LogP contribution in [0.15, 0.2) is 29.2 Å². The number of hydrogen-bond acceptors (Lipinski definition) is 5. The number of carbonyl (C=O) groups excluding carboxylic acids is 1. The minimum absolute atomic E-state index is 0.0357. The molecule has 0 radical (unpaired) electrons. The largest absolute Gasteiger partial charge is 0.395 e. The molecule has 0 aliphatic heterocycles. The minimum atomic E-state index is -3.77. The molecule has 3 N–H and O–H groups in total. The number of nitrogens with zero attached hydrogens (tertiary/aromatic N) is 1. The third-order valence-corrected chi connectivity index (χ3v) is 4.42. The summed E-state index contributed by atoms with van der Waals surface area (Å²) in [6.07, 6.45) is 0. The van der Waals surface area contributed by atoms with E-state index < -0.39 is 10.0 Å². The van der Waals surface area contributed by atoms with Gasteiger partial charge in [0.1, 0.15) is 0 Å². The summed E-state index contributed by atoms with van der Waals surface area (Å²) in [6.45, 7) is 0.522. The molecule has 0 heterocycles. The molecule has 1 amide bonds. The zero-order chi connectivity index (χ0) is 15.2. The molecule has 8 heteroatoms. The topological polar surface area (TPSA) is 107 Å². The average molecular weight is 302 g/mol. The standard InChI is InChI=1S/C12H18N2O5S/c1-10(17)13-11-2-4-12(5-3-11)20(18,19)14(6-8-15)7-9-16/h2-5,15-16H,6-9H2,1H3,(H,13,17). The molecule has 0 saturated heterocycles. The van der Waals surface area contributed by atoms with Crippen LogP contribution in [0.3, 0.4) is 0 Å². The van der Waals surface area contributed by atoms with E-state index in [0.717, 1.165) is 4.31 Å². The molecule has 1 rings (SSSR count). The number of sulfonamides is 1. The first kappa shape index (κ1) is 16.6. The molecule has 0 unspecified atom stereocenters. The monoisotopic (exact) mass is 302 g/mol. The van der Waals surface area contributed by atoms with E-state index in [0.29, 0.717) is 5.69 Å². The maximum atomic E-state index is 12.3. The second-order valence-corrected chi connectivity index (χ2v) is 5.99. The molecule has 1 aromatic rings. The molecule has 20 heavy (non-hydrogen) atoms. The van der Waals surface area contributed by atoms with Crippen LogP contribution in [0.2, 0.25) is 0 Å². The summed E-state index contributed by atoms with van der Waals surface area (Å²) in [5.41, 5.74) is 0.493. The highest BCUT2D eigenvalue weighted by Gasteiger charge is 2.23. The number of amides is 1. The van der Waals surface area contributed by atoms with E-state index in [2.05, 4.69) is 5.32 Å². The smallest absolute Gasteiger partial charge is 0.243 e. The molecule has 1 aromatic carbocycles. The zero-order valence-electron chi connectivity index (χ0n) is 11.1. The molecule has 0 spiro atoms. The van der Waals surface area contributed by atoms with Crippen molar-refractivity contribution >= 4 is 21.6 Å². The van der Waals surface area contributed by atoms with Crippen LogP contribution in [0.25, 0.3) is 0 Å². The molecule has 0 aliphatic rings. The Morgan fingerprint density at radius 2 is 1.65 bits per heavy atom. The lowest BCUT2D eigenvalue weighted by molar-refractivity contribution is -0.114. The number of rotatable bonds is 7. The van der Waals surface area contributed by atoms with Crippen molar-refractivity contribution in [3.63, 3.8) is 0 Å². The summed E-state index contributed by atoms with van der Waals surface area (Å²) in [4.78, 5) is 10.9. The van der Waals surface area contributed by atoms with Crippen molar-refractivity contribution < 1.29 is 23.4 Å². The van der Waals surface area contributed by atoms with E-state index in [4.69, 9.17) is 10.2 Å². The molecule has 0 fully saturated rings. The molecule has 0 aromatic heterocycles. The van der Waals surface area contributed by atoms with Crippen LogP contribution < -0.4 is 5.32 Å². The molecule has 0 saturated carbocycles. The van der Waals surface area contributed by atoms with Crippen molar-refractivity contribution in [3.8, 4) is 0 Å². The van der Waals surface area contributed by atoms with Gasteiger partial charge in [-0.1, -0.05) is 0 Å². The van der Waals surface area contributed by atoms with Crippen LogP contribution in [0.4, 0.5) is 5.69 Å². The number of anilines is 1. The van der Waals surface area contributed by atoms with Crippen molar-refractivity contribution in [3.05, 3.63) is 24.3 Å². The summed E-state index contributed by atoms with van der Waals surface area (Å²) in [5.74, 6) is -0.247. The van der Waals surface area contributed by atoms with E-state index in [1.165, 1.54) is 31.2 Å². The van der Waals surface area contributed by atoms with E-state index in [-0.39, 0.29) is 37.1 Å². The Hall–Kier alpha value is -1.48. The van der Waals surface area contributed by atoms with E-state index in [1.54, 1.807) is 0 Å². The van der Waals surface area contributed by atoms with Crippen LogP contribution in [0, 0.1) is 0 Å². The van der Waals surface area contributed by atoms with Crippen LogP contribution in [0.5, 0.6) is 0 Å². The van der Waals surface area contributed by atoms with Gasteiger partial charge >= 0.3 is 0 Å². The number of benzene rings is 1. The molecular weight excluding hydrogens is 284 g/mol. The van der Waals surface area contributed by atoms with Gasteiger partial charge in [0.05, 0.1) is 18.1 Å². The first-order valence-corrected chi connectivity index (χ1v) is 7.45. The molecular formula is C12H18N2O5S. The van der Waals surface area contributed by atoms with Crippen molar-refractivity contribution in [2.75, 3.05) is 31.6 Å². The maximum Gasteiger partial charge on any atom is 0.243 e. The van der Waals surface area contributed by atoms with Crippen molar-refractivity contribution in [2.45, 2.75) is 11.8 Å². The highest BCUT2D eigenvalue weighted by molar-refractivity contribution is 7.89. The van der Waals surface area contributed by atoms with E-state index in [9.17, 15) is 13.2 Å². The van der Waals surface area contributed by atoms with Gasteiger partial charge in [-0.15, -0.1) is 0 Å².